The molecule has 1 aliphatic rings. The van der Waals surface area contributed by atoms with Gasteiger partial charge < -0.3 is 5.73 Å². The number of pyridine rings is 1. The molecule has 1 unspecified atom stereocenters. The van der Waals surface area contributed by atoms with Crippen LogP contribution in [-0.2, 0) is 0 Å². The van der Waals surface area contributed by atoms with E-state index in [1.807, 2.05) is 24.0 Å². The average Bonchev–Trinajstić information content (AvgIpc) is 2.49. The Morgan fingerprint density at radius 2 is 2.11 bits per heavy atom. The molecule has 3 nitrogen and oxygen atoms in total. The maximum absolute atomic E-state index is 6.02. The summed E-state index contributed by atoms with van der Waals surface area (Å²) in [5, 5.41) is 1.20. The zero-order valence-electron chi connectivity index (χ0n) is 11.0. The maximum Gasteiger partial charge on any atom is 0.0702 e. The molecule has 2 aromatic rings. The van der Waals surface area contributed by atoms with Gasteiger partial charge in [0.2, 0.25) is 0 Å². The Bertz CT molecular complexity index is 552. The van der Waals surface area contributed by atoms with Crippen molar-refractivity contribution in [3.05, 3.63) is 42.1 Å². The van der Waals surface area contributed by atoms with Crippen LogP contribution in [0.4, 0.5) is 0 Å². The lowest BCUT2D eigenvalue weighted by atomic mass is 10.0. The van der Waals surface area contributed by atoms with E-state index in [1.54, 1.807) is 0 Å². The summed E-state index contributed by atoms with van der Waals surface area (Å²) in [5.74, 6) is 2.43. The lowest BCUT2D eigenvalue weighted by molar-refractivity contribution is 0.223. The van der Waals surface area contributed by atoms with Crippen LogP contribution >= 0.6 is 11.8 Å². The summed E-state index contributed by atoms with van der Waals surface area (Å²) in [7, 11) is 0. The van der Waals surface area contributed by atoms with E-state index in [2.05, 4.69) is 34.1 Å². The van der Waals surface area contributed by atoms with E-state index in [9.17, 15) is 0 Å². The Labute approximate surface area is 118 Å². The Morgan fingerprint density at radius 1 is 1.26 bits per heavy atom. The number of fused-ring (bicyclic) bond motifs is 1. The van der Waals surface area contributed by atoms with E-state index in [-0.39, 0.29) is 0 Å². The summed E-state index contributed by atoms with van der Waals surface area (Å²) in [6.07, 6.45) is 1.84. The maximum atomic E-state index is 6.02. The molecule has 0 radical (unpaired) electrons. The minimum Gasteiger partial charge on any atom is -0.329 e. The molecule has 1 aromatic heterocycles. The predicted octanol–water partition coefficient (Wildman–Crippen LogP) is 2.28. The second kappa shape index (κ2) is 5.90. The molecule has 1 saturated heterocycles. The monoisotopic (exact) mass is 273 g/mol. The van der Waals surface area contributed by atoms with Crippen molar-refractivity contribution in [2.45, 2.75) is 6.04 Å². The molecule has 19 heavy (non-hydrogen) atoms. The van der Waals surface area contributed by atoms with Gasteiger partial charge in [0.1, 0.15) is 0 Å². The summed E-state index contributed by atoms with van der Waals surface area (Å²) in [4.78, 5) is 6.88. The fourth-order valence-electron chi connectivity index (χ4n) is 2.69. The number of aromatic nitrogens is 1. The third-order valence-electron chi connectivity index (χ3n) is 3.72. The second-order valence-electron chi connectivity index (χ2n) is 4.86. The molecule has 3 rings (SSSR count). The fourth-order valence-corrected chi connectivity index (χ4v) is 3.62. The standard InChI is InChI=1S/C15H19N3S/c16-11-15(18-6-8-19-9-7-18)13-3-4-14-12(10-13)2-1-5-17-14/h1-5,10,15H,6-9,11,16H2. The van der Waals surface area contributed by atoms with E-state index < -0.39 is 0 Å². The zero-order valence-corrected chi connectivity index (χ0v) is 11.8. The highest BCUT2D eigenvalue weighted by molar-refractivity contribution is 7.99. The molecule has 0 bridgehead atoms. The van der Waals surface area contributed by atoms with Crippen molar-refractivity contribution in [2.24, 2.45) is 5.73 Å². The summed E-state index contributed by atoms with van der Waals surface area (Å²) in [6, 6.07) is 11.0. The predicted molar refractivity (Wildman–Crippen MR) is 82.4 cm³/mol. The molecule has 1 aromatic carbocycles. The molecule has 0 spiro atoms. The van der Waals surface area contributed by atoms with Crippen molar-refractivity contribution in [1.29, 1.82) is 0 Å². The van der Waals surface area contributed by atoms with Crippen LogP contribution in [0.25, 0.3) is 10.9 Å². The molecular formula is C15H19N3S. The molecule has 1 fully saturated rings. The Kier molecular flexibility index (Phi) is 4.01. The first-order valence-corrected chi connectivity index (χ1v) is 7.90. The SMILES string of the molecule is NCC(c1ccc2ncccc2c1)N1CCSCC1. The van der Waals surface area contributed by atoms with Gasteiger partial charge >= 0.3 is 0 Å². The van der Waals surface area contributed by atoms with E-state index in [4.69, 9.17) is 5.73 Å². The van der Waals surface area contributed by atoms with Gasteiger partial charge in [0, 0.05) is 48.8 Å². The molecule has 100 valence electrons. The molecule has 1 atom stereocenters. The second-order valence-corrected chi connectivity index (χ2v) is 6.08. The number of nitrogens with zero attached hydrogens (tertiary/aromatic N) is 2. The number of nitrogens with two attached hydrogens (primary N) is 1. The number of rotatable bonds is 3. The molecular weight excluding hydrogens is 254 g/mol. The number of benzene rings is 1. The smallest absolute Gasteiger partial charge is 0.0702 e. The molecule has 2 heterocycles. The van der Waals surface area contributed by atoms with Gasteiger partial charge in [-0.15, -0.1) is 0 Å². The summed E-state index contributed by atoms with van der Waals surface area (Å²) in [5.41, 5.74) is 8.38. The third-order valence-corrected chi connectivity index (χ3v) is 4.66. The summed E-state index contributed by atoms with van der Waals surface area (Å²) >= 11 is 2.03. The topological polar surface area (TPSA) is 42.1 Å². The largest absolute Gasteiger partial charge is 0.329 e. The minimum absolute atomic E-state index is 0.338. The van der Waals surface area contributed by atoms with Gasteiger partial charge in [0.05, 0.1) is 5.52 Å². The van der Waals surface area contributed by atoms with E-state index in [0.717, 1.165) is 18.6 Å². The quantitative estimate of drug-likeness (QED) is 0.931. The van der Waals surface area contributed by atoms with Crippen molar-refractivity contribution < 1.29 is 0 Å². The molecule has 0 aliphatic carbocycles. The molecule has 0 amide bonds. The third kappa shape index (κ3) is 2.76. The molecule has 1 aliphatic heterocycles. The van der Waals surface area contributed by atoms with Gasteiger partial charge in [-0.2, -0.15) is 11.8 Å². The van der Waals surface area contributed by atoms with Crippen molar-refractivity contribution in [1.82, 2.24) is 9.88 Å². The van der Waals surface area contributed by atoms with Gasteiger partial charge in [-0.05, 0) is 23.8 Å². The number of hydrogen-bond donors (Lipinski definition) is 1. The Hall–Kier alpha value is -1.10. The van der Waals surface area contributed by atoms with Crippen LogP contribution in [-0.4, -0.2) is 41.0 Å². The summed E-state index contributed by atoms with van der Waals surface area (Å²) in [6.45, 7) is 2.95. The van der Waals surface area contributed by atoms with Crippen LogP contribution in [0.2, 0.25) is 0 Å². The van der Waals surface area contributed by atoms with Gasteiger partial charge in [-0.3, -0.25) is 9.88 Å². The fraction of sp³-hybridized carbons (Fsp3) is 0.400. The van der Waals surface area contributed by atoms with E-state index >= 15 is 0 Å². The lowest BCUT2D eigenvalue weighted by Gasteiger charge is -2.34. The molecule has 4 heteroatoms. The normalized spacial score (nSPS) is 18.6. The Balaban J connectivity index is 1.91. The average molecular weight is 273 g/mol. The van der Waals surface area contributed by atoms with Crippen molar-refractivity contribution in [3.8, 4) is 0 Å². The van der Waals surface area contributed by atoms with Crippen LogP contribution in [0, 0.1) is 0 Å². The zero-order chi connectivity index (χ0) is 13.1. The highest BCUT2D eigenvalue weighted by Crippen LogP contribution is 2.25. The minimum atomic E-state index is 0.338. The number of thioether (sulfide) groups is 1. The van der Waals surface area contributed by atoms with Crippen molar-refractivity contribution in [2.75, 3.05) is 31.1 Å². The summed E-state index contributed by atoms with van der Waals surface area (Å²) < 4.78 is 0. The van der Waals surface area contributed by atoms with Crippen LogP contribution in [0.5, 0.6) is 0 Å². The number of hydrogen-bond acceptors (Lipinski definition) is 4. The van der Waals surface area contributed by atoms with E-state index in [1.165, 1.54) is 22.5 Å². The van der Waals surface area contributed by atoms with Gasteiger partial charge in [-0.25, -0.2) is 0 Å². The highest BCUT2D eigenvalue weighted by atomic mass is 32.2. The highest BCUT2D eigenvalue weighted by Gasteiger charge is 2.21. The first-order valence-electron chi connectivity index (χ1n) is 6.75. The van der Waals surface area contributed by atoms with Crippen LogP contribution < -0.4 is 5.73 Å². The van der Waals surface area contributed by atoms with Gasteiger partial charge in [0.15, 0.2) is 0 Å². The van der Waals surface area contributed by atoms with Crippen LogP contribution in [0.1, 0.15) is 11.6 Å². The molecule has 2 N–H and O–H groups in total. The van der Waals surface area contributed by atoms with Crippen LogP contribution in [0.15, 0.2) is 36.5 Å². The lowest BCUT2D eigenvalue weighted by Crippen LogP contribution is -2.39. The van der Waals surface area contributed by atoms with E-state index in [0.29, 0.717) is 12.6 Å². The van der Waals surface area contributed by atoms with Crippen molar-refractivity contribution >= 4 is 22.7 Å². The van der Waals surface area contributed by atoms with Gasteiger partial charge in [-0.1, -0.05) is 12.1 Å². The first kappa shape index (κ1) is 12.9. The Morgan fingerprint density at radius 3 is 2.89 bits per heavy atom. The molecule has 0 saturated carbocycles. The first-order chi connectivity index (χ1) is 9.38. The van der Waals surface area contributed by atoms with Gasteiger partial charge in [0.25, 0.3) is 0 Å². The van der Waals surface area contributed by atoms with Crippen molar-refractivity contribution in [3.63, 3.8) is 0 Å². The van der Waals surface area contributed by atoms with Crippen LogP contribution in [0.3, 0.4) is 0 Å².